The van der Waals surface area contributed by atoms with Gasteiger partial charge in [0.15, 0.2) is 0 Å². The van der Waals surface area contributed by atoms with E-state index in [0.717, 1.165) is 17.0 Å². The Morgan fingerprint density at radius 3 is 3.06 bits per heavy atom. The lowest BCUT2D eigenvalue weighted by Crippen LogP contribution is -2.11. The highest BCUT2D eigenvalue weighted by Gasteiger charge is 2.20. The number of hydrogen-bond acceptors (Lipinski definition) is 4. The van der Waals surface area contributed by atoms with E-state index in [1.165, 1.54) is 23.4 Å². The van der Waals surface area contributed by atoms with E-state index in [9.17, 15) is 0 Å². The van der Waals surface area contributed by atoms with Crippen molar-refractivity contribution in [3.05, 3.63) is 45.7 Å². The van der Waals surface area contributed by atoms with Gasteiger partial charge in [0, 0.05) is 17.3 Å². The normalized spacial score (nSPS) is 16.1. The SMILES string of the molecule is NC(c1cccnc1)c1nc2c(s1)CCC2. The largest absolute Gasteiger partial charge is 0.318 e. The van der Waals surface area contributed by atoms with Crippen LogP contribution in [0.1, 0.15) is 33.6 Å². The molecule has 2 N–H and O–H groups in total. The van der Waals surface area contributed by atoms with Gasteiger partial charge in [-0.1, -0.05) is 6.07 Å². The van der Waals surface area contributed by atoms with Crippen LogP contribution < -0.4 is 5.73 Å². The third-order valence-electron chi connectivity index (χ3n) is 2.92. The van der Waals surface area contributed by atoms with E-state index < -0.39 is 0 Å². The minimum absolute atomic E-state index is 0.121. The van der Waals surface area contributed by atoms with Crippen LogP contribution in [0.2, 0.25) is 0 Å². The topological polar surface area (TPSA) is 51.8 Å². The second kappa shape index (κ2) is 3.96. The zero-order chi connectivity index (χ0) is 11.0. The van der Waals surface area contributed by atoms with Gasteiger partial charge in [-0.15, -0.1) is 11.3 Å². The van der Waals surface area contributed by atoms with Gasteiger partial charge in [0.25, 0.3) is 0 Å². The van der Waals surface area contributed by atoms with Crippen molar-refractivity contribution >= 4 is 11.3 Å². The summed E-state index contributed by atoms with van der Waals surface area (Å²) in [6, 6.07) is 3.80. The first-order chi connectivity index (χ1) is 7.84. The van der Waals surface area contributed by atoms with Gasteiger partial charge in [0.05, 0.1) is 11.7 Å². The number of fused-ring (bicyclic) bond motifs is 1. The zero-order valence-electron chi connectivity index (χ0n) is 8.89. The van der Waals surface area contributed by atoms with Crippen molar-refractivity contribution < 1.29 is 0 Å². The first-order valence-electron chi connectivity index (χ1n) is 5.48. The van der Waals surface area contributed by atoms with Crippen molar-refractivity contribution in [1.29, 1.82) is 0 Å². The van der Waals surface area contributed by atoms with Gasteiger partial charge in [-0.3, -0.25) is 4.98 Å². The number of aryl methyl sites for hydroxylation is 2. The summed E-state index contributed by atoms with van der Waals surface area (Å²) >= 11 is 1.76. The minimum Gasteiger partial charge on any atom is -0.318 e. The van der Waals surface area contributed by atoms with E-state index in [4.69, 9.17) is 5.73 Å². The summed E-state index contributed by atoms with van der Waals surface area (Å²) in [7, 11) is 0. The molecule has 0 amide bonds. The van der Waals surface area contributed by atoms with Crippen LogP contribution in [0.5, 0.6) is 0 Å². The highest BCUT2D eigenvalue weighted by atomic mass is 32.1. The van der Waals surface area contributed by atoms with Crippen LogP contribution >= 0.6 is 11.3 Å². The summed E-state index contributed by atoms with van der Waals surface area (Å²) in [5, 5.41) is 1.03. The predicted octanol–water partition coefficient (Wildman–Crippen LogP) is 2.07. The molecule has 0 spiro atoms. The Balaban J connectivity index is 1.92. The highest BCUT2D eigenvalue weighted by molar-refractivity contribution is 7.11. The lowest BCUT2D eigenvalue weighted by molar-refractivity contribution is 0.829. The average Bonchev–Trinajstić information content (AvgIpc) is 2.89. The van der Waals surface area contributed by atoms with Crippen molar-refractivity contribution in [2.45, 2.75) is 25.3 Å². The van der Waals surface area contributed by atoms with E-state index in [1.807, 2.05) is 18.3 Å². The molecule has 0 radical (unpaired) electrons. The summed E-state index contributed by atoms with van der Waals surface area (Å²) in [4.78, 5) is 10.1. The zero-order valence-corrected chi connectivity index (χ0v) is 9.70. The Bertz CT molecular complexity index is 471. The lowest BCUT2D eigenvalue weighted by atomic mass is 10.1. The maximum Gasteiger partial charge on any atom is 0.115 e. The molecule has 0 aliphatic heterocycles. The molecular weight excluding hydrogens is 218 g/mol. The Morgan fingerprint density at radius 1 is 1.38 bits per heavy atom. The lowest BCUT2D eigenvalue weighted by Gasteiger charge is -2.07. The van der Waals surface area contributed by atoms with Gasteiger partial charge in [0.1, 0.15) is 5.01 Å². The summed E-state index contributed by atoms with van der Waals surface area (Å²) in [5.74, 6) is 0. The van der Waals surface area contributed by atoms with Crippen LogP contribution in [-0.4, -0.2) is 9.97 Å². The van der Waals surface area contributed by atoms with E-state index in [0.29, 0.717) is 0 Å². The third kappa shape index (κ3) is 1.64. The summed E-state index contributed by atoms with van der Waals surface area (Å²) in [5.41, 5.74) is 8.49. The average molecular weight is 231 g/mol. The fourth-order valence-corrected chi connectivity index (χ4v) is 3.23. The molecule has 0 saturated heterocycles. The standard InChI is InChI=1S/C12H13N3S/c13-11(8-3-2-6-14-7-8)12-15-9-4-1-5-10(9)16-12/h2-3,6-7,11H,1,4-5,13H2. The van der Waals surface area contributed by atoms with E-state index in [1.54, 1.807) is 17.5 Å². The van der Waals surface area contributed by atoms with Crippen LogP contribution in [-0.2, 0) is 12.8 Å². The molecular formula is C12H13N3S. The predicted molar refractivity (Wildman–Crippen MR) is 64.4 cm³/mol. The summed E-state index contributed by atoms with van der Waals surface area (Å²) in [6.07, 6.45) is 7.12. The molecule has 1 aliphatic rings. The smallest absolute Gasteiger partial charge is 0.115 e. The number of pyridine rings is 1. The molecule has 0 saturated carbocycles. The summed E-state index contributed by atoms with van der Waals surface area (Å²) in [6.45, 7) is 0. The number of hydrogen-bond donors (Lipinski definition) is 1. The maximum atomic E-state index is 6.19. The van der Waals surface area contributed by atoms with E-state index in [2.05, 4.69) is 9.97 Å². The molecule has 2 aromatic heterocycles. The number of nitrogens with two attached hydrogens (primary N) is 1. The van der Waals surface area contributed by atoms with Crippen LogP contribution in [0.15, 0.2) is 24.5 Å². The number of thiazole rings is 1. The monoisotopic (exact) mass is 231 g/mol. The maximum absolute atomic E-state index is 6.19. The third-order valence-corrected chi connectivity index (χ3v) is 4.16. The Kier molecular flexibility index (Phi) is 2.46. The molecule has 16 heavy (non-hydrogen) atoms. The molecule has 82 valence electrons. The number of nitrogens with zero attached hydrogens (tertiary/aromatic N) is 2. The Labute approximate surface area is 98.4 Å². The molecule has 0 fully saturated rings. The Morgan fingerprint density at radius 2 is 2.31 bits per heavy atom. The first kappa shape index (κ1) is 9.93. The molecule has 0 bridgehead atoms. The molecule has 2 aromatic rings. The van der Waals surface area contributed by atoms with Crippen LogP contribution in [0.3, 0.4) is 0 Å². The fourth-order valence-electron chi connectivity index (χ4n) is 2.05. The van der Waals surface area contributed by atoms with Crippen molar-refractivity contribution in [3.8, 4) is 0 Å². The van der Waals surface area contributed by atoms with Crippen molar-refractivity contribution in [2.24, 2.45) is 5.73 Å². The molecule has 3 nitrogen and oxygen atoms in total. The van der Waals surface area contributed by atoms with E-state index in [-0.39, 0.29) is 6.04 Å². The second-order valence-electron chi connectivity index (χ2n) is 4.04. The molecule has 2 heterocycles. The van der Waals surface area contributed by atoms with Crippen molar-refractivity contribution in [2.75, 3.05) is 0 Å². The van der Waals surface area contributed by atoms with Gasteiger partial charge in [-0.25, -0.2) is 4.98 Å². The fraction of sp³-hybridized carbons (Fsp3) is 0.333. The van der Waals surface area contributed by atoms with Gasteiger partial charge >= 0.3 is 0 Å². The van der Waals surface area contributed by atoms with Crippen molar-refractivity contribution in [3.63, 3.8) is 0 Å². The first-order valence-corrected chi connectivity index (χ1v) is 6.30. The Hall–Kier alpha value is -1.26. The summed E-state index contributed by atoms with van der Waals surface area (Å²) < 4.78 is 0. The number of aromatic nitrogens is 2. The molecule has 1 aliphatic carbocycles. The van der Waals surface area contributed by atoms with Crippen LogP contribution in [0.4, 0.5) is 0 Å². The number of rotatable bonds is 2. The van der Waals surface area contributed by atoms with Crippen LogP contribution in [0, 0.1) is 0 Å². The molecule has 3 rings (SSSR count). The molecule has 0 aromatic carbocycles. The second-order valence-corrected chi connectivity index (χ2v) is 5.15. The molecule has 1 atom stereocenters. The van der Waals surface area contributed by atoms with Gasteiger partial charge < -0.3 is 5.73 Å². The molecule has 1 unspecified atom stereocenters. The van der Waals surface area contributed by atoms with Gasteiger partial charge in [-0.2, -0.15) is 0 Å². The van der Waals surface area contributed by atoms with Gasteiger partial charge in [-0.05, 0) is 30.9 Å². The van der Waals surface area contributed by atoms with Crippen LogP contribution in [0.25, 0.3) is 0 Å². The quantitative estimate of drug-likeness (QED) is 0.861. The van der Waals surface area contributed by atoms with Crippen molar-refractivity contribution in [1.82, 2.24) is 9.97 Å². The van der Waals surface area contributed by atoms with Gasteiger partial charge in [0.2, 0.25) is 0 Å². The van der Waals surface area contributed by atoms with E-state index >= 15 is 0 Å². The highest BCUT2D eigenvalue weighted by Crippen LogP contribution is 2.31. The minimum atomic E-state index is -0.121. The molecule has 4 heteroatoms.